The molecule has 16 heavy (non-hydrogen) atoms. The number of aryl methyl sites for hydroxylation is 1. The molecule has 2 atom stereocenters. The van der Waals surface area contributed by atoms with Crippen LogP contribution in [0.4, 0.5) is 0 Å². The Morgan fingerprint density at radius 2 is 2.12 bits per heavy atom. The molecule has 1 aromatic rings. The van der Waals surface area contributed by atoms with Gasteiger partial charge in [-0.25, -0.2) is 0 Å². The summed E-state index contributed by atoms with van der Waals surface area (Å²) in [5, 5.41) is 3.54. The summed E-state index contributed by atoms with van der Waals surface area (Å²) in [6.07, 6.45) is 2.84. The Kier molecular flexibility index (Phi) is 3.97. The topological polar surface area (TPSA) is 21.3 Å². The molecule has 88 valence electrons. The first-order chi connectivity index (χ1) is 7.75. The smallest absolute Gasteiger partial charge is 0.0700 e. The van der Waals surface area contributed by atoms with Crippen molar-refractivity contribution in [2.45, 2.75) is 38.8 Å². The third-order valence-corrected chi connectivity index (χ3v) is 3.25. The van der Waals surface area contributed by atoms with Crippen LogP contribution in [0.1, 0.15) is 36.9 Å². The standard InChI is InChI=1S/C14H21NO/c1-11-5-7-13(8-6-11)12(2)15-10-14-4-3-9-16-14/h5-8,12,14-15H,3-4,9-10H2,1-2H3/t12-,14?/m1/s1. The molecule has 1 unspecified atom stereocenters. The molecular formula is C14H21NO. The van der Waals surface area contributed by atoms with Gasteiger partial charge in [0.25, 0.3) is 0 Å². The number of benzene rings is 1. The van der Waals surface area contributed by atoms with Gasteiger partial charge in [0.15, 0.2) is 0 Å². The van der Waals surface area contributed by atoms with Gasteiger partial charge in [0.2, 0.25) is 0 Å². The number of hydrogen-bond acceptors (Lipinski definition) is 2. The van der Waals surface area contributed by atoms with Gasteiger partial charge in [0, 0.05) is 19.2 Å². The van der Waals surface area contributed by atoms with E-state index < -0.39 is 0 Å². The van der Waals surface area contributed by atoms with Gasteiger partial charge in [-0.2, -0.15) is 0 Å². The highest BCUT2D eigenvalue weighted by atomic mass is 16.5. The first kappa shape index (κ1) is 11.6. The summed E-state index contributed by atoms with van der Waals surface area (Å²) in [4.78, 5) is 0. The quantitative estimate of drug-likeness (QED) is 0.840. The number of ether oxygens (including phenoxy) is 1. The monoisotopic (exact) mass is 219 g/mol. The Hall–Kier alpha value is -0.860. The fraction of sp³-hybridized carbons (Fsp3) is 0.571. The summed E-state index contributed by atoms with van der Waals surface area (Å²) in [7, 11) is 0. The van der Waals surface area contributed by atoms with E-state index in [-0.39, 0.29) is 0 Å². The van der Waals surface area contributed by atoms with Crippen LogP contribution >= 0.6 is 0 Å². The molecule has 0 aliphatic carbocycles. The van der Waals surface area contributed by atoms with E-state index in [0.717, 1.165) is 13.2 Å². The molecule has 2 rings (SSSR count). The highest BCUT2D eigenvalue weighted by Crippen LogP contribution is 2.15. The molecule has 0 bridgehead atoms. The van der Waals surface area contributed by atoms with Gasteiger partial charge in [0.05, 0.1) is 6.10 Å². The maximum absolute atomic E-state index is 5.60. The molecule has 0 radical (unpaired) electrons. The molecule has 1 fully saturated rings. The molecule has 0 saturated carbocycles. The predicted octanol–water partition coefficient (Wildman–Crippen LogP) is 2.82. The molecule has 1 aliphatic heterocycles. The fourth-order valence-electron chi connectivity index (χ4n) is 2.09. The van der Waals surface area contributed by atoms with Gasteiger partial charge < -0.3 is 10.1 Å². The van der Waals surface area contributed by atoms with Crippen LogP contribution in [-0.4, -0.2) is 19.3 Å². The minimum Gasteiger partial charge on any atom is -0.377 e. The number of nitrogens with one attached hydrogen (secondary N) is 1. The van der Waals surface area contributed by atoms with Crippen LogP contribution in [0.15, 0.2) is 24.3 Å². The zero-order chi connectivity index (χ0) is 11.4. The fourth-order valence-corrected chi connectivity index (χ4v) is 2.09. The second-order valence-corrected chi connectivity index (χ2v) is 4.68. The lowest BCUT2D eigenvalue weighted by Gasteiger charge is -2.17. The molecule has 1 aromatic carbocycles. The van der Waals surface area contributed by atoms with Crippen molar-refractivity contribution < 1.29 is 4.74 Å². The Balaban J connectivity index is 1.82. The van der Waals surface area contributed by atoms with Gasteiger partial charge in [-0.3, -0.25) is 0 Å². The Bertz CT molecular complexity index is 314. The van der Waals surface area contributed by atoms with Crippen molar-refractivity contribution in [2.24, 2.45) is 0 Å². The molecule has 0 amide bonds. The minimum atomic E-state index is 0.407. The van der Waals surface area contributed by atoms with E-state index in [1.165, 1.54) is 24.0 Å². The molecular weight excluding hydrogens is 198 g/mol. The molecule has 1 saturated heterocycles. The summed E-state index contributed by atoms with van der Waals surface area (Å²) in [6.45, 7) is 6.23. The van der Waals surface area contributed by atoms with E-state index in [1.807, 2.05) is 0 Å². The average molecular weight is 219 g/mol. The van der Waals surface area contributed by atoms with Gasteiger partial charge >= 0.3 is 0 Å². The van der Waals surface area contributed by atoms with Crippen molar-refractivity contribution in [2.75, 3.05) is 13.2 Å². The van der Waals surface area contributed by atoms with Crippen LogP contribution in [0, 0.1) is 6.92 Å². The second-order valence-electron chi connectivity index (χ2n) is 4.68. The molecule has 0 spiro atoms. The van der Waals surface area contributed by atoms with Crippen molar-refractivity contribution in [3.63, 3.8) is 0 Å². The summed E-state index contributed by atoms with van der Waals surface area (Å²) in [6, 6.07) is 9.13. The molecule has 1 heterocycles. The van der Waals surface area contributed by atoms with Crippen molar-refractivity contribution in [3.05, 3.63) is 35.4 Å². The van der Waals surface area contributed by atoms with Crippen LogP contribution < -0.4 is 5.32 Å². The summed E-state index contributed by atoms with van der Waals surface area (Å²) in [5.74, 6) is 0. The largest absolute Gasteiger partial charge is 0.377 e. The molecule has 1 N–H and O–H groups in total. The maximum atomic E-state index is 5.60. The Morgan fingerprint density at radius 1 is 1.38 bits per heavy atom. The summed E-state index contributed by atoms with van der Waals surface area (Å²) in [5.41, 5.74) is 2.67. The Labute approximate surface area is 98.0 Å². The van der Waals surface area contributed by atoms with Crippen LogP contribution in [0.2, 0.25) is 0 Å². The van der Waals surface area contributed by atoms with E-state index in [2.05, 4.69) is 43.4 Å². The van der Waals surface area contributed by atoms with Crippen LogP contribution in [0.5, 0.6) is 0 Å². The average Bonchev–Trinajstić information content (AvgIpc) is 2.80. The maximum Gasteiger partial charge on any atom is 0.0700 e. The molecule has 2 heteroatoms. The van der Waals surface area contributed by atoms with Gasteiger partial charge in [-0.15, -0.1) is 0 Å². The van der Waals surface area contributed by atoms with Crippen molar-refractivity contribution in [3.8, 4) is 0 Å². The van der Waals surface area contributed by atoms with Crippen LogP contribution in [-0.2, 0) is 4.74 Å². The van der Waals surface area contributed by atoms with Crippen molar-refractivity contribution in [1.29, 1.82) is 0 Å². The highest BCUT2D eigenvalue weighted by Gasteiger charge is 2.16. The van der Waals surface area contributed by atoms with E-state index >= 15 is 0 Å². The zero-order valence-corrected chi connectivity index (χ0v) is 10.2. The third-order valence-electron chi connectivity index (χ3n) is 3.25. The predicted molar refractivity (Wildman–Crippen MR) is 66.6 cm³/mol. The van der Waals surface area contributed by atoms with Gasteiger partial charge in [-0.05, 0) is 32.3 Å². The minimum absolute atomic E-state index is 0.407. The molecule has 0 aromatic heterocycles. The summed E-state index contributed by atoms with van der Waals surface area (Å²) >= 11 is 0. The number of hydrogen-bond donors (Lipinski definition) is 1. The molecule has 1 aliphatic rings. The van der Waals surface area contributed by atoms with Gasteiger partial charge in [0.1, 0.15) is 0 Å². The lowest BCUT2D eigenvalue weighted by Crippen LogP contribution is -2.28. The highest BCUT2D eigenvalue weighted by molar-refractivity contribution is 5.23. The van der Waals surface area contributed by atoms with E-state index in [1.54, 1.807) is 0 Å². The zero-order valence-electron chi connectivity index (χ0n) is 10.2. The van der Waals surface area contributed by atoms with E-state index in [0.29, 0.717) is 12.1 Å². The second kappa shape index (κ2) is 5.46. The summed E-state index contributed by atoms with van der Waals surface area (Å²) < 4.78 is 5.60. The van der Waals surface area contributed by atoms with E-state index in [9.17, 15) is 0 Å². The molecule has 2 nitrogen and oxygen atoms in total. The van der Waals surface area contributed by atoms with Crippen molar-refractivity contribution in [1.82, 2.24) is 5.32 Å². The first-order valence-electron chi connectivity index (χ1n) is 6.17. The van der Waals surface area contributed by atoms with E-state index in [4.69, 9.17) is 4.74 Å². The SMILES string of the molecule is Cc1ccc([C@@H](C)NCC2CCCO2)cc1. The van der Waals surface area contributed by atoms with Crippen molar-refractivity contribution >= 4 is 0 Å². The lowest BCUT2D eigenvalue weighted by atomic mass is 10.1. The lowest BCUT2D eigenvalue weighted by molar-refractivity contribution is 0.108. The first-order valence-corrected chi connectivity index (χ1v) is 6.17. The Morgan fingerprint density at radius 3 is 2.75 bits per heavy atom. The number of rotatable bonds is 4. The van der Waals surface area contributed by atoms with Crippen LogP contribution in [0.3, 0.4) is 0 Å². The normalized spacial score (nSPS) is 22.2. The van der Waals surface area contributed by atoms with Gasteiger partial charge in [-0.1, -0.05) is 29.8 Å². The van der Waals surface area contributed by atoms with Crippen LogP contribution in [0.25, 0.3) is 0 Å². The third kappa shape index (κ3) is 3.06.